The summed E-state index contributed by atoms with van der Waals surface area (Å²) in [4.78, 5) is 6.41. The van der Waals surface area contributed by atoms with Gasteiger partial charge in [0.15, 0.2) is 0 Å². The molecular weight excluding hydrogens is 164 g/mol. The predicted octanol–water partition coefficient (Wildman–Crippen LogP) is -0.0839. The van der Waals surface area contributed by atoms with Crippen LogP contribution in [0.25, 0.3) is 0 Å². The third-order valence-corrected chi connectivity index (χ3v) is 2.54. The van der Waals surface area contributed by atoms with Gasteiger partial charge in [-0.2, -0.15) is 0 Å². The lowest BCUT2D eigenvalue weighted by Crippen LogP contribution is -2.29. The lowest BCUT2D eigenvalue weighted by molar-refractivity contribution is 0.318. The molecule has 2 N–H and O–H groups in total. The molecular formula is C9H16N4. The minimum Gasteiger partial charge on any atom is -0.336 e. The molecule has 0 amide bonds. The third-order valence-electron chi connectivity index (χ3n) is 2.54. The van der Waals surface area contributed by atoms with Gasteiger partial charge in [0.1, 0.15) is 0 Å². The van der Waals surface area contributed by atoms with E-state index in [0.717, 1.165) is 32.6 Å². The van der Waals surface area contributed by atoms with E-state index in [4.69, 9.17) is 5.73 Å². The Morgan fingerprint density at radius 2 is 2.38 bits per heavy atom. The standard InChI is InChI=1S/C9H16N4/c10-9-1-3-12(7-9)5-6-13-4-2-11-8-13/h2,4,8-9H,1,3,5-7,10H2/t9-/m0/s1. The number of imidazole rings is 1. The first-order valence-electron chi connectivity index (χ1n) is 4.78. The summed E-state index contributed by atoms with van der Waals surface area (Å²) in [6, 6.07) is 0.391. The van der Waals surface area contributed by atoms with Crippen molar-refractivity contribution in [2.24, 2.45) is 5.73 Å². The molecule has 4 heteroatoms. The van der Waals surface area contributed by atoms with E-state index in [2.05, 4.69) is 14.5 Å². The van der Waals surface area contributed by atoms with Crippen molar-refractivity contribution in [2.75, 3.05) is 19.6 Å². The maximum absolute atomic E-state index is 5.81. The van der Waals surface area contributed by atoms with Crippen molar-refractivity contribution in [1.29, 1.82) is 0 Å². The molecule has 1 saturated heterocycles. The van der Waals surface area contributed by atoms with E-state index in [0.29, 0.717) is 6.04 Å². The molecule has 2 rings (SSSR count). The van der Waals surface area contributed by atoms with Crippen molar-refractivity contribution in [1.82, 2.24) is 14.5 Å². The molecule has 1 fully saturated rings. The summed E-state index contributed by atoms with van der Waals surface area (Å²) < 4.78 is 2.10. The van der Waals surface area contributed by atoms with Crippen molar-refractivity contribution < 1.29 is 0 Å². The van der Waals surface area contributed by atoms with Gasteiger partial charge in [-0.1, -0.05) is 0 Å². The van der Waals surface area contributed by atoms with E-state index in [1.165, 1.54) is 0 Å². The molecule has 0 aromatic carbocycles. The van der Waals surface area contributed by atoms with Crippen LogP contribution in [0.4, 0.5) is 0 Å². The number of hydrogen-bond acceptors (Lipinski definition) is 3. The third kappa shape index (κ3) is 2.29. The van der Waals surface area contributed by atoms with Crippen molar-refractivity contribution >= 4 is 0 Å². The molecule has 13 heavy (non-hydrogen) atoms. The Balaban J connectivity index is 1.74. The predicted molar refractivity (Wildman–Crippen MR) is 51.3 cm³/mol. The lowest BCUT2D eigenvalue weighted by atomic mass is 10.3. The van der Waals surface area contributed by atoms with E-state index in [1.54, 1.807) is 0 Å². The van der Waals surface area contributed by atoms with Gasteiger partial charge in [-0.3, -0.25) is 4.90 Å². The molecule has 0 aliphatic carbocycles. The largest absolute Gasteiger partial charge is 0.336 e. The van der Waals surface area contributed by atoms with Crippen molar-refractivity contribution in [2.45, 2.75) is 19.0 Å². The van der Waals surface area contributed by atoms with Crippen LogP contribution in [0.15, 0.2) is 18.7 Å². The Morgan fingerprint density at radius 1 is 1.46 bits per heavy atom. The van der Waals surface area contributed by atoms with Crippen LogP contribution in [-0.2, 0) is 6.54 Å². The number of hydrogen-bond donors (Lipinski definition) is 1. The van der Waals surface area contributed by atoms with Gasteiger partial charge in [0.25, 0.3) is 0 Å². The monoisotopic (exact) mass is 180 g/mol. The number of rotatable bonds is 3. The molecule has 0 bridgehead atoms. The van der Waals surface area contributed by atoms with Gasteiger partial charge in [0.2, 0.25) is 0 Å². The summed E-state index contributed by atoms with van der Waals surface area (Å²) in [5, 5.41) is 0. The van der Waals surface area contributed by atoms with Gasteiger partial charge >= 0.3 is 0 Å². The molecule has 0 unspecified atom stereocenters. The van der Waals surface area contributed by atoms with Gasteiger partial charge in [-0.15, -0.1) is 0 Å². The number of nitrogens with two attached hydrogens (primary N) is 1. The van der Waals surface area contributed by atoms with Crippen LogP contribution in [0.2, 0.25) is 0 Å². The second-order valence-electron chi connectivity index (χ2n) is 3.65. The molecule has 1 aromatic rings. The van der Waals surface area contributed by atoms with Crippen molar-refractivity contribution in [3.05, 3.63) is 18.7 Å². The Morgan fingerprint density at radius 3 is 3.00 bits per heavy atom. The summed E-state index contributed by atoms with van der Waals surface area (Å²) in [6.07, 6.45) is 6.81. The normalized spacial score (nSPS) is 23.9. The van der Waals surface area contributed by atoms with E-state index in [-0.39, 0.29) is 0 Å². The SMILES string of the molecule is N[C@H]1CCN(CCn2ccnc2)C1. The maximum Gasteiger partial charge on any atom is 0.0946 e. The van der Waals surface area contributed by atoms with Crippen LogP contribution in [-0.4, -0.2) is 40.1 Å². The highest BCUT2D eigenvalue weighted by Crippen LogP contribution is 2.06. The highest BCUT2D eigenvalue weighted by Gasteiger charge is 2.17. The Hall–Kier alpha value is -0.870. The zero-order valence-electron chi connectivity index (χ0n) is 7.76. The van der Waals surface area contributed by atoms with Gasteiger partial charge in [-0.25, -0.2) is 4.98 Å². The molecule has 1 atom stereocenters. The summed E-state index contributed by atoms with van der Waals surface area (Å²) in [5.74, 6) is 0. The number of likely N-dealkylation sites (tertiary alicyclic amines) is 1. The van der Waals surface area contributed by atoms with E-state index in [9.17, 15) is 0 Å². The maximum atomic E-state index is 5.81. The second-order valence-corrected chi connectivity index (χ2v) is 3.65. The first kappa shape index (κ1) is 8.72. The zero-order chi connectivity index (χ0) is 9.10. The quantitative estimate of drug-likeness (QED) is 0.707. The van der Waals surface area contributed by atoms with Crippen LogP contribution >= 0.6 is 0 Å². The average Bonchev–Trinajstić information content (AvgIpc) is 2.71. The first-order valence-corrected chi connectivity index (χ1v) is 4.78. The fourth-order valence-corrected chi connectivity index (χ4v) is 1.74. The lowest BCUT2D eigenvalue weighted by Gasteiger charge is -2.14. The summed E-state index contributed by atoms with van der Waals surface area (Å²) in [7, 11) is 0. The molecule has 2 heterocycles. The molecule has 0 spiro atoms. The summed E-state index contributed by atoms with van der Waals surface area (Å²) in [5.41, 5.74) is 5.81. The summed E-state index contributed by atoms with van der Waals surface area (Å²) >= 11 is 0. The van der Waals surface area contributed by atoms with E-state index >= 15 is 0 Å². The Kier molecular flexibility index (Phi) is 2.61. The topological polar surface area (TPSA) is 47.1 Å². The number of aromatic nitrogens is 2. The van der Waals surface area contributed by atoms with Gasteiger partial charge in [0, 0.05) is 38.1 Å². The average molecular weight is 180 g/mol. The zero-order valence-corrected chi connectivity index (χ0v) is 7.76. The Bertz CT molecular complexity index is 244. The molecule has 1 aliphatic rings. The first-order chi connectivity index (χ1) is 6.34. The van der Waals surface area contributed by atoms with Gasteiger partial charge in [-0.05, 0) is 13.0 Å². The highest BCUT2D eigenvalue weighted by molar-refractivity contribution is 4.79. The fourth-order valence-electron chi connectivity index (χ4n) is 1.74. The number of nitrogens with zero attached hydrogens (tertiary/aromatic N) is 3. The van der Waals surface area contributed by atoms with Crippen LogP contribution in [0.5, 0.6) is 0 Å². The Labute approximate surface area is 78.4 Å². The molecule has 1 aromatic heterocycles. The van der Waals surface area contributed by atoms with Gasteiger partial charge in [0.05, 0.1) is 6.33 Å². The van der Waals surface area contributed by atoms with E-state index < -0.39 is 0 Å². The minimum atomic E-state index is 0.391. The van der Waals surface area contributed by atoms with Crippen molar-refractivity contribution in [3.63, 3.8) is 0 Å². The van der Waals surface area contributed by atoms with Crippen LogP contribution in [0, 0.1) is 0 Å². The molecule has 1 aliphatic heterocycles. The molecule has 0 saturated carbocycles. The van der Waals surface area contributed by atoms with E-state index in [1.807, 2.05) is 18.7 Å². The van der Waals surface area contributed by atoms with Crippen molar-refractivity contribution in [3.8, 4) is 0 Å². The fraction of sp³-hybridized carbons (Fsp3) is 0.667. The van der Waals surface area contributed by atoms with Crippen LogP contribution in [0.1, 0.15) is 6.42 Å². The highest BCUT2D eigenvalue weighted by atomic mass is 15.2. The van der Waals surface area contributed by atoms with Gasteiger partial charge < -0.3 is 10.3 Å². The van der Waals surface area contributed by atoms with Crippen LogP contribution < -0.4 is 5.73 Å². The molecule has 72 valence electrons. The smallest absolute Gasteiger partial charge is 0.0946 e. The molecule has 0 radical (unpaired) electrons. The second kappa shape index (κ2) is 3.89. The van der Waals surface area contributed by atoms with Crippen LogP contribution in [0.3, 0.4) is 0 Å². The minimum absolute atomic E-state index is 0.391. The summed E-state index contributed by atoms with van der Waals surface area (Å²) in [6.45, 7) is 4.31. The molecule has 4 nitrogen and oxygen atoms in total.